The van der Waals surface area contributed by atoms with Crippen LogP contribution >= 0.6 is 0 Å². The van der Waals surface area contributed by atoms with Crippen molar-refractivity contribution in [2.75, 3.05) is 37.0 Å². The number of nitrogens with zero attached hydrogens (tertiary/aromatic N) is 2. The summed E-state index contributed by atoms with van der Waals surface area (Å²) in [5, 5.41) is 13.5. The van der Waals surface area contributed by atoms with Crippen LogP contribution in [0, 0.1) is 10.1 Å². The van der Waals surface area contributed by atoms with Gasteiger partial charge >= 0.3 is 0 Å². The van der Waals surface area contributed by atoms with Crippen molar-refractivity contribution in [2.45, 2.75) is 4.90 Å². The van der Waals surface area contributed by atoms with E-state index in [0.29, 0.717) is 11.5 Å². The van der Waals surface area contributed by atoms with E-state index in [-0.39, 0.29) is 29.4 Å². The summed E-state index contributed by atoms with van der Waals surface area (Å²) in [6.45, 7) is 0.391. The van der Waals surface area contributed by atoms with Crippen LogP contribution in [0.2, 0.25) is 0 Å². The molecule has 0 aromatic heterocycles. The molecule has 0 bridgehead atoms. The summed E-state index contributed by atoms with van der Waals surface area (Å²) in [7, 11) is -3.21. The zero-order valence-electron chi connectivity index (χ0n) is 11.3. The molecule has 1 heterocycles. The summed E-state index contributed by atoms with van der Waals surface area (Å²) in [6, 6.07) is 3.64. The molecule has 0 aliphatic carbocycles. The maximum Gasteiger partial charge on any atom is 0.292 e. The summed E-state index contributed by atoms with van der Waals surface area (Å²) >= 11 is 0. The topological polar surface area (TPSA) is 110 Å². The molecule has 2 rings (SSSR count). The van der Waals surface area contributed by atoms with Crippen LogP contribution in [-0.4, -0.2) is 53.5 Å². The van der Waals surface area contributed by atoms with Crippen LogP contribution in [0.3, 0.4) is 0 Å². The Kier molecular flexibility index (Phi) is 4.59. The minimum atomic E-state index is -3.72. The van der Waals surface area contributed by atoms with Crippen molar-refractivity contribution in [3.8, 4) is 0 Å². The van der Waals surface area contributed by atoms with Gasteiger partial charge in [-0.15, -0.1) is 0 Å². The molecule has 10 heteroatoms. The maximum atomic E-state index is 12.5. The van der Waals surface area contributed by atoms with E-state index in [4.69, 9.17) is 0 Å². The number of anilines is 1. The number of hydrogen-bond acceptors (Lipinski definition) is 6. The number of hydrogen-bond donors (Lipinski definition) is 1. The van der Waals surface area contributed by atoms with Gasteiger partial charge in [0, 0.05) is 48.5 Å². The summed E-state index contributed by atoms with van der Waals surface area (Å²) in [4.78, 5) is 10.3. The molecule has 1 aromatic carbocycles. The lowest BCUT2D eigenvalue weighted by Crippen LogP contribution is -2.41. The highest BCUT2D eigenvalue weighted by molar-refractivity contribution is 7.89. The smallest absolute Gasteiger partial charge is 0.292 e. The van der Waals surface area contributed by atoms with Gasteiger partial charge < -0.3 is 5.32 Å². The second-order valence-corrected chi connectivity index (χ2v) is 8.07. The molecule has 1 N–H and O–H groups in total. The Bertz CT molecular complexity index is 679. The van der Waals surface area contributed by atoms with Gasteiger partial charge in [-0.2, -0.15) is 4.31 Å². The van der Waals surface area contributed by atoms with Crippen molar-refractivity contribution in [2.24, 2.45) is 0 Å². The van der Waals surface area contributed by atoms with Crippen LogP contribution in [0.1, 0.15) is 0 Å². The summed E-state index contributed by atoms with van der Waals surface area (Å²) in [5.41, 5.74) is -0.0436. The Labute approximate surface area is 124 Å². The molecule has 1 aromatic rings. The molecular formula is C11H15N3O5S2. The lowest BCUT2D eigenvalue weighted by Gasteiger charge is -2.25. The quantitative estimate of drug-likeness (QED) is 0.630. The molecule has 116 valence electrons. The average molecular weight is 333 g/mol. The highest BCUT2D eigenvalue weighted by atomic mass is 32.2. The summed E-state index contributed by atoms with van der Waals surface area (Å²) in [5.74, 6) is 0.621. The zero-order valence-corrected chi connectivity index (χ0v) is 12.9. The lowest BCUT2D eigenvalue weighted by molar-refractivity contribution is -0.384. The van der Waals surface area contributed by atoms with E-state index in [1.807, 2.05) is 0 Å². The van der Waals surface area contributed by atoms with E-state index in [2.05, 4.69) is 5.32 Å². The molecule has 1 aliphatic rings. The van der Waals surface area contributed by atoms with Gasteiger partial charge in [-0.05, 0) is 12.1 Å². The molecule has 0 spiro atoms. The SMILES string of the molecule is CNc1cc(S(=O)(=O)N2CCS(=O)CC2)ccc1[N+](=O)[O-]. The molecular weight excluding hydrogens is 318 g/mol. The minimum Gasteiger partial charge on any atom is -0.383 e. The first-order valence-corrected chi connectivity index (χ1v) is 9.10. The van der Waals surface area contributed by atoms with Gasteiger partial charge in [0.2, 0.25) is 10.0 Å². The van der Waals surface area contributed by atoms with E-state index in [0.717, 1.165) is 0 Å². The normalized spacial score (nSPS) is 17.6. The van der Waals surface area contributed by atoms with Crippen molar-refractivity contribution >= 4 is 32.2 Å². The van der Waals surface area contributed by atoms with Crippen molar-refractivity contribution in [3.05, 3.63) is 28.3 Å². The van der Waals surface area contributed by atoms with Crippen molar-refractivity contribution < 1.29 is 17.6 Å². The molecule has 8 nitrogen and oxygen atoms in total. The lowest BCUT2D eigenvalue weighted by atomic mass is 10.3. The molecule has 0 unspecified atom stereocenters. The predicted molar refractivity (Wildman–Crippen MR) is 79.3 cm³/mol. The molecule has 0 saturated carbocycles. The van der Waals surface area contributed by atoms with Crippen molar-refractivity contribution in [1.82, 2.24) is 4.31 Å². The Morgan fingerprint density at radius 3 is 2.48 bits per heavy atom. The minimum absolute atomic E-state index is 0.00914. The van der Waals surface area contributed by atoms with E-state index in [1.165, 1.54) is 29.6 Å². The van der Waals surface area contributed by atoms with E-state index < -0.39 is 25.7 Å². The van der Waals surface area contributed by atoms with Gasteiger partial charge in [0.1, 0.15) is 5.69 Å². The van der Waals surface area contributed by atoms with E-state index in [9.17, 15) is 22.7 Å². The van der Waals surface area contributed by atoms with E-state index >= 15 is 0 Å². The third-order valence-corrected chi connectivity index (χ3v) is 6.38. The molecule has 1 saturated heterocycles. The van der Waals surface area contributed by atoms with Crippen LogP contribution in [0.4, 0.5) is 11.4 Å². The number of nitro benzene ring substituents is 1. The van der Waals surface area contributed by atoms with Crippen LogP contribution in [-0.2, 0) is 20.8 Å². The molecule has 1 fully saturated rings. The van der Waals surface area contributed by atoms with Gasteiger partial charge in [-0.25, -0.2) is 8.42 Å². The molecule has 21 heavy (non-hydrogen) atoms. The first kappa shape index (κ1) is 15.9. The highest BCUT2D eigenvalue weighted by Gasteiger charge is 2.29. The summed E-state index contributed by atoms with van der Waals surface area (Å²) < 4.78 is 37.5. The first-order chi connectivity index (χ1) is 9.86. The number of nitro groups is 1. The summed E-state index contributed by atoms with van der Waals surface area (Å²) in [6.07, 6.45) is 0. The van der Waals surface area contributed by atoms with Gasteiger partial charge in [-0.1, -0.05) is 0 Å². The largest absolute Gasteiger partial charge is 0.383 e. The van der Waals surface area contributed by atoms with Crippen LogP contribution < -0.4 is 5.32 Å². The number of benzene rings is 1. The number of rotatable bonds is 4. The van der Waals surface area contributed by atoms with Crippen molar-refractivity contribution in [3.63, 3.8) is 0 Å². The third kappa shape index (κ3) is 3.22. The highest BCUT2D eigenvalue weighted by Crippen LogP contribution is 2.28. The predicted octanol–water partition coefficient (Wildman–Crippen LogP) is 0.389. The number of sulfonamides is 1. The second-order valence-electron chi connectivity index (χ2n) is 4.44. The maximum absolute atomic E-state index is 12.5. The fraction of sp³-hybridized carbons (Fsp3) is 0.455. The molecule has 0 radical (unpaired) electrons. The zero-order chi connectivity index (χ0) is 15.6. The Morgan fingerprint density at radius 1 is 1.33 bits per heavy atom. The average Bonchev–Trinajstić information content (AvgIpc) is 2.46. The Hall–Kier alpha value is -1.52. The monoisotopic (exact) mass is 333 g/mol. The van der Waals surface area contributed by atoms with E-state index in [1.54, 1.807) is 0 Å². The molecule has 0 atom stereocenters. The van der Waals surface area contributed by atoms with Crippen LogP contribution in [0.15, 0.2) is 23.1 Å². The first-order valence-electron chi connectivity index (χ1n) is 6.17. The van der Waals surface area contributed by atoms with Gasteiger partial charge in [0.25, 0.3) is 5.69 Å². The Morgan fingerprint density at radius 2 is 1.95 bits per heavy atom. The van der Waals surface area contributed by atoms with Crippen LogP contribution in [0.5, 0.6) is 0 Å². The van der Waals surface area contributed by atoms with Gasteiger partial charge in [-0.3, -0.25) is 14.3 Å². The number of nitrogens with one attached hydrogen (secondary N) is 1. The molecule has 0 amide bonds. The fourth-order valence-corrected chi connectivity index (χ4v) is 4.80. The van der Waals surface area contributed by atoms with Gasteiger partial charge in [0.05, 0.1) is 9.82 Å². The fourth-order valence-electron chi connectivity index (χ4n) is 2.05. The van der Waals surface area contributed by atoms with Crippen molar-refractivity contribution in [1.29, 1.82) is 0 Å². The molecule has 1 aliphatic heterocycles. The van der Waals surface area contributed by atoms with Gasteiger partial charge in [0.15, 0.2) is 0 Å². The standard InChI is InChI=1S/C11H15N3O5S2/c1-12-10-8-9(2-3-11(10)14(15)16)21(18,19)13-4-6-20(17)7-5-13/h2-3,8,12H,4-7H2,1H3. The Balaban J connectivity index is 2.36. The second kappa shape index (κ2) is 6.08. The van der Waals surface area contributed by atoms with Crippen LogP contribution in [0.25, 0.3) is 0 Å². The third-order valence-electron chi connectivity index (χ3n) is 3.21.